The lowest BCUT2D eigenvalue weighted by Gasteiger charge is -2.27. The van der Waals surface area contributed by atoms with E-state index in [9.17, 15) is 0 Å². The third-order valence-electron chi connectivity index (χ3n) is 3.51. The first-order chi connectivity index (χ1) is 8.61. The Morgan fingerprint density at radius 3 is 2.94 bits per heavy atom. The fourth-order valence-electron chi connectivity index (χ4n) is 2.76. The van der Waals surface area contributed by atoms with Crippen molar-refractivity contribution in [1.82, 2.24) is 5.48 Å². The van der Waals surface area contributed by atoms with Crippen molar-refractivity contribution in [2.45, 2.75) is 38.3 Å². The highest BCUT2D eigenvalue weighted by Gasteiger charge is 2.35. The van der Waals surface area contributed by atoms with Crippen LogP contribution in [0, 0.1) is 0 Å². The summed E-state index contributed by atoms with van der Waals surface area (Å²) in [6.45, 7) is 4.90. The summed E-state index contributed by atoms with van der Waals surface area (Å²) in [4.78, 5) is 5.05. The summed E-state index contributed by atoms with van der Waals surface area (Å²) in [5.74, 6) is 1.80. The van der Waals surface area contributed by atoms with E-state index in [0.29, 0.717) is 6.61 Å². The number of hydrogen-bond donors (Lipinski definition) is 1. The largest absolute Gasteiger partial charge is 0.489 e. The first-order valence-corrected chi connectivity index (χ1v) is 6.37. The Hall–Kier alpha value is -1.26. The topological polar surface area (TPSA) is 39.7 Å². The molecular formula is C14H19NO3. The highest BCUT2D eigenvalue weighted by molar-refractivity contribution is 5.56. The number of fused-ring (bicyclic) bond motifs is 3. The van der Waals surface area contributed by atoms with Crippen molar-refractivity contribution in [3.8, 4) is 11.5 Å². The predicted molar refractivity (Wildman–Crippen MR) is 67.9 cm³/mol. The van der Waals surface area contributed by atoms with Gasteiger partial charge in [-0.3, -0.25) is 0 Å². The zero-order valence-corrected chi connectivity index (χ0v) is 11.1. The molecule has 0 aromatic heterocycles. The van der Waals surface area contributed by atoms with E-state index in [-0.39, 0.29) is 11.6 Å². The Labute approximate surface area is 107 Å². The van der Waals surface area contributed by atoms with Crippen LogP contribution in [-0.2, 0) is 11.3 Å². The third-order valence-corrected chi connectivity index (χ3v) is 3.51. The molecule has 4 nitrogen and oxygen atoms in total. The van der Waals surface area contributed by atoms with Crippen molar-refractivity contribution in [3.63, 3.8) is 0 Å². The number of nitrogens with one attached hydrogen (secondary N) is 1. The van der Waals surface area contributed by atoms with Crippen LogP contribution in [0.25, 0.3) is 0 Å². The summed E-state index contributed by atoms with van der Waals surface area (Å²) in [7, 11) is 1.64. The molecule has 0 fully saturated rings. The smallest absolute Gasteiger partial charge is 0.166 e. The van der Waals surface area contributed by atoms with Gasteiger partial charge in [0.1, 0.15) is 5.60 Å². The molecule has 18 heavy (non-hydrogen) atoms. The number of hydrogen-bond acceptors (Lipinski definition) is 4. The van der Waals surface area contributed by atoms with Gasteiger partial charge in [0.15, 0.2) is 11.5 Å². The zero-order chi connectivity index (χ0) is 12.8. The van der Waals surface area contributed by atoms with Gasteiger partial charge in [-0.2, -0.15) is 5.48 Å². The molecule has 1 unspecified atom stereocenters. The summed E-state index contributed by atoms with van der Waals surface area (Å²) in [5, 5.41) is 0. The van der Waals surface area contributed by atoms with Crippen molar-refractivity contribution in [1.29, 1.82) is 0 Å². The Morgan fingerprint density at radius 2 is 2.17 bits per heavy atom. The van der Waals surface area contributed by atoms with Crippen molar-refractivity contribution in [2.75, 3.05) is 13.7 Å². The Kier molecular flexibility index (Phi) is 2.72. The minimum absolute atomic E-state index is 0.136. The predicted octanol–water partition coefficient (Wildman–Crippen LogP) is 2.37. The molecule has 4 heteroatoms. The lowest BCUT2D eigenvalue weighted by Crippen LogP contribution is -2.27. The Morgan fingerprint density at radius 1 is 1.33 bits per heavy atom. The SMILES string of the molecule is CONC1CCOc2c1ccc1c2OC(C)(C)C1. The van der Waals surface area contributed by atoms with Crippen LogP contribution in [0.4, 0.5) is 0 Å². The van der Waals surface area contributed by atoms with Gasteiger partial charge in [-0.15, -0.1) is 0 Å². The van der Waals surface area contributed by atoms with Gasteiger partial charge in [-0.25, -0.2) is 0 Å². The van der Waals surface area contributed by atoms with Crippen LogP contribution in [0.2, 0.25) is 0 Å². The fourth-order valence-corrected chi connectivity index (χ4v) is 2.76. The molecule has 0 radical (unpaired) electrons. The van der Waals surface area contributed by atoms with Gasteiger partial charge in [0.2, 0.25) is 0 Å². The standard InChI is InChI=1S/C14H19NO3/c1-14(2)8-9-4-5-10-11(15-16-3)6-7-17-13(10)12(9)18-14/h4-5,11,15H,6-8H2,1-3H3. The second kappa shape index (κ2) is 4.14. The van der Waals surface area contributed by atoms with Crippen LogP contribution in [0.1, 0.15) is 37.4 Å². The molecule has 1 atom stereocenters. The lowest BCUT2D eigenvalue weighted by molar-refractivity contribution is 0.0450. The Balaban J connectivity index is 2.02. The molecule has 0 amide bonds. The number of ether oxygens (including phenoxy) is 2. The maximum absolute atomic E-state index is 6.03. The first-order valence-electron chi connectivity index (χ1n) is 6.37. The van der Waals surface area contributed by atoms with E-state index in [4.69, 9.17) is 14.3 Å². The quantitative estimate of drug-likeness (QED) is 0.817. The van der Waals surface area contributed by atoms with Crippen LogP contribution in [0.15, 0.2) is 12.1 Å². The molecule has 2 aliphatic heterocycles. The molecule has 2 aliphatic rings. The monoisotopic (exact) mass is 249 g/mol. The van der Waals surface area contributed by atoms with E-state index in [0.717, 1.165) is 29.9 Å². The average Bonchev–Trinajstić information content (AvgIpc) is 2.64. The van der Waals surface area contributed by atoms with Gasteiger partial charge >= 0.3 is 0 Å². The van der Waals surface area contributed by atoms with Crippen LogP contribution < -0.4 is 15.0 Å². The van der Waals surface area contributed by atoms with E-state index in [1.165, 1.54) is 5.56 Å². The van der Waals surface area contributed by atoms with Crippen LogP contribution in [0.3, 0.4) is 0 Å². The highest BCUT2D eigenvalue weighted by Crippen LogP contribution is 2.47. The second-order valence-corrected chi connectivity index (χ2v) is 5.52. The molecule has 0 aliphatic carbocycles. The second-order valence-electron chi connectivity index (χ2n) is 5.52. The van der Waals surface area contributed by atoms with Gasteiger partial charge in [0, 0.05) is 24.0 Å². The first kappa shape index (κ1) is 11.8. The summed E-state index contributed by atoms with van der Waals surface area (Å²) in [6, 6.07) is 4.44. The average molecular weight is 249 g/mol. The van der Waals surface area contributed by atoms with E-state index in [2.05, 4.69) is 31.5 Å². The molecule has 1 aromatic rings. The highest BCUT2D eigenvalue weighted by atomic mass is 16.6. The molecule has 98 valence electrons. The van der Waals surface area contributed by atoms with Gasteiger partial charge in [0.25, 0.3) is 0 Å². The normalized spacial score (nSPS) is 23.8. The van der Waals surface area contributed by atoms with Crippen LogP contribution >= 0.6 is 0 Å². The van der Waals surface area contributed by atoms with Crippen molar-refractivity contribution in [3.05, 3.63) is 23.3 Å². The summed E-state index contributed by atoms with van der Waals surface area (Å²) in [5.41, 5.74) is 5.24. The van der Waals surface area contributed by atoms with Crippen LogP contribution in [-0.4, -0.2) is 19.3 Å². The molecule has 1 aromatic carbocycles. The van der Waals surface area contributed by atoms with Gasteiger partial charge < -0.3 is 14.3 Å². The van der Waals surface area contributed by atoms with E-state index >= 15 is 0 Å². The molecule has 1 N–H and O–H groups in total. The maximum atomic E-state index is 6.03. The van der Waals surface area contributed by atoms with Gasteiger partial charge in [-0.05, 0) is 13.8 Å². The van der Waals surface area contributed by atoms with E-state index < -0.39 is 0 Å². The van der Waals surface area contributed by atoms with E-state index in [1.54, 1.807) is 7.11 Å². The number of rotatable bonds is 2. The zero-order valence-electron chi connectivity index (χ0n) is 11.1. The molecule has 3 rings (SSSR count). The summed E-state index contributed by atoms with van der Waals surface area (Å²) < 4.78 is 11.8. The van der Waals surface area contributed by atoms with Crippen molar-refractivity contribution >= 4 is 0 Å². The maximum Gasteiger partial charge on any atom is 0.166 e. The van der Waals surface area contributed by atoms with E-state index in [1.807, 2.05) is 0 Å². The third kappa shape index (κ3) is 1.85. The van der Waals surface area contributed by atoms with Crippen molar-refractivity contribution in [2.24, 2.45) is 0 Å². The molecule has 2 heterocycles. The summed E-state index contributed by atoms with van der Waals surface area (Å²) >= 11 is 0. The molecule has 0 saturated heterocycles. The van der Waals surface area contributed by atoms with Crippen molar-refractivity contribution < 1.29 is 14.3 Å². The minimum Gasteiger partial charge on any atom is -0.489 e. The molecule has 0 bridgehead atoms. The summed E-state index contributed by atoms with van der Waals surface area (Å²) in [6.07, 6.45) is 1.84. The molecule has 0 spiro atoms. The lowest BCUT2D eigenvalue weighted by atomic mass is 9.96. The van der Waals surface area contributed by atoms with Gasteiger partial charge in [0.05, 0.1) is 19.8 Å². The Bertz CT molecular complexity index is 470. The number of benzene rings is 1. The minimum atomic E-state index is -0.136. The number of hydroxylamine groups is 1. The van der Waals surface area contributed by atoms with Crippen LogP contribution in [0.5, 0.6) is 11.5 Å². The molecule has 0 saturated carbocycles. The van der Waals surface area contributed by atoms with Gasteiger partial charge in [-0.1, -0.05) is 12.1 Å². The molecular weight excluding hydrogens is 230 g/mol. The fraction of sp³-hybridized carbons (Fsp3) is 0.571.